The lowest BCUT2D eigenvalue weighted by Gasteiger charge is -2.40. The lowest BCUT2D eigenvalue weighted by Crippen LogP contribution is -2.58. The number of methoxy groups -OCH3 is 1. The predicted octanol–water partition coefficient (Wildman–Crippen LogP) is 8.57. The van der Waals surface area contributed by atoms with Crippen molar-refractivity contribution in [1.82, 2.24) is 25.5 Å². The van der Waals surface area contributed by atoms with Crippen LogP contribution in [0.3, 0.4) is 0 Å². The molecular formula is C52H64F4N8O8S2. The molecule has 0 saturated carbocycles. The van der Waals surface area contributed by atoms with E-state index in [0.29, 0.717) is 58.3 Å². The van der Waals surface area contributed by atoms with Crippen molar-refractivity contribution in [2.45, 2.75) is 110 Å². The average molecular weight is 1070 g/mol. The molecule has 16 nitrogen and oxygen atoms in total. The third kappa shape index (κ3) is 15.2. The van der Waals surface area contributed by atoms with Crippen LogP contribution in [0.2, 0.25) is 0 Å². The SMILES string of the molecule is COc1cc(OCCCCCOCCCOCC(=O)NC(C(=O)N2CCCC2C(=O)NCc2ccc(-c3scnc3C)cc2)C(C)(C)C)ncc1N(C(=S)N(C)c1ccc(C#N)c(C(F)(F)F)c1F)C(C)(C)C=O. The number of aryl methyl sites for hydroxylation is 1. The molecule has 0 bridgehead atoms. The zero-order valence-electron chi connectivity index (χ0n) is 42.9. The van der Waals surface area contributed by atoms with E-state index in [-0.39, 0.29) is 54.1 Å². The van der Waals surface area contributed by atoms with Crippen LogP contribution in [0.5, 0.6) is 11.6 Å². The zero-order chi connectivity index (χ0) is 54.4. The second kappa shape index (κ2) is 26.3. The summed E-state index contributed by atoms with van der Waals surface area (Å²) in [4.78, 5) is 66.3. The summed E-state index contributed by atoms with van der Waals surface area (Å²) < 4.78 is 79.6. The van der Waals surface area contributed by atoms with Crippen molar-refractivity contribution in [3.05, 3.63) is 82.4 Å². The van der Waals surface area contributed by atoms with Gasteiger partial charge in [-0.05, 0) is 100 Å². The number of hydrogen-bond donors (Lipinski definition) is 2. The number of pyridine rings is 1. The van der Waals surface area contributed by atoms with Crippen LogP contribution in [0.4, 0.5) is 28.9 Å². The molecule has 2 aromatic heterocycles. The minimum absolute atomic E-state index is 0.151. The number of aldehydes is 1. The molecule has 0 aliphatic carbocycles. The first kappa shape index (κ1) is 58.6. The molecule has 2 aromatic carbocycles. The Morgan fingerprint density at radius 2 is 1.68 bits per heavy atom. The first-order chi connectivity index (χ1) is 35.0. The standard InChI is InChI=1S/C52H64F4N8O8S2/c1-33-45(74-32-60-33)35-17-15-34(16-18-35)28-59-47(67)38-14-12-21-63(38)48(68)46(50(2,3)4)61-41(66)30-71-24-13-23-70-22-10-9-11-25-72-42-26-40(69-8)39(29-58-42)64(51(5,6)31-65)49(73)62(7)37-20-19-36(27-57)43(44(37)53)52(54,55)56/h15-20,26,29,31-32,38,46H,9-14,21-25,28,30H2,1-8H3,(H,59,67)(H,61,66). The van der Waals surface area contributed by atoms with E-state index >= 15 is 4.39 Å². The van der Waals surface area contributed by atoms with Gasteiger partial charge in [0.2, 0.25) is 23.6 Å². The number of anilines is 2. The Hall–Kier alpha value is -6.28. The molecule has 1 fully saturated rings. The minimum Gasteiger partial charge on any atom is -0.494 e. The van der Waals surface area contributed by atoms with Crippen LogP contribution >= 0.6 is 23.6 Å². The van der Waals surface area contributed by atoms with Crippen LogP contribution in [0, 0.1) is 29.5 Å². The maximum atomic E-state index is 15.4. The summed E-state index contributed by atoms with van der Waals surface area (Å²) in [6.07, 6.45) is 0.596. The number of halogens is 4. The molecule has 3 heterocycles. The second-order valence-electron chi connectivity index (χ2n) is 19.2. The zero-order valence-corrected chi connectivity index (χ0v) is 44.5. The van der Waals surface area contributed by atoms with E-state index in [1.165, 1.54) is 51.2 Å². The van der Waals surface area contributed by atoms with E-state index in [9.17, 15) is 37.6 Å². The van der Waals surface area contributed by atoms with Crippen LogP contribution in [0.1, 0.15) is 95.5 Å². The molecule has 2 atom stereocenters. The third-order valence-corrected chi connectivity index (χ3v) is 13.6. The van der Waals surface area contributed by atoms with Gasteiger partial charge in [-0.25, -0.2) is 14.4 Å². The number of nitriles is 1. The Kier molecular flexibility index (Phi) is 20.8. The Morgan fingerprint density at radius 3 is 2.31 bits per heavy atom. The molecule has 0 spiro atoms. The van der Waals surface area contributed by atoms with Gasteiger partial charge in [-0.1, -0.05) is 45.0 Å². The van der Waals surface area contributed by atoms with Gasteiger partial charge in [0, 0.05) is 46.0 Å². The summed E-state index contributed by atoms with van der Waals surface area (Å²) in [5.74, 6) is -2.34. The number of carbonyl (C=O) groups excluding carboxylic acids is 4. The number of nitrogens with zero attached hydrogens (tertiary/aromatic N) is 6. The summed E-state index contributed by atoms with van der Waals surface area (Å²) >= 11 is 7.21. The van der Waals surface area contributed by atoms with Crippen molar-refractivity contribution >= 4 is 64.0 Å². The van der Waals surface area contributed by atoms with Crippen LogP contribution in [0.25, 0.3) is 10.4 Å². The van der Waals surface area contributed by atoms with E-state index < -0.39 is 57.8 Å². The quantitative estimate of drug-likeness (QED) is 0.0294. The molecule has 0 radical (unpaired) electrons. The van der Waals surface area contributed by atoms with E-state index in [1.54, 1.807) is 16.2 Å². The maximum absolute atomic E-state index is 15.4. The lowest BCUT2D eigenvalue weighted by atomic mass is 9.85. The van der Waals surface area contributed by atoms with Gasteiger partial charge in [-0.3, -0.25) is 14.4 Å². The first-order valence-electron chi connectivity index (χ1n) is 24.1. The average Bonchev–Trinajstić information content (AvgIpc) is 4.04. The number of hydrogen-bond acceptors (Lipinski definition) is 13. The molecule has 2 unspecified atom stereocenters. The highest BCUT2D eigenvalue weighted by molar-refractivity contribution is 7.80. The summed E-state index contributed by atoms with van der Waals surface area (Å²) in [5, 5.41) is 14.8. The van der Waals surface area contributed by atoms with Crippen molar-refractivity contribution in [2.24, 2.45) is 5.41 Å². The number of carbonyl (C=O) groups is 4. The molecule has 74 heavy (non-hydrogen) atoms. The number of benzene rings is 2. The van der Waals surface area contributed by atoms with E-state index in [0.717, 1.165) is 51.6 Å². The molecule has 22 heteroatoms. The number of thiocarbonyl (C=S) groups is 1. The topological polar surface area (TPSA) is 189 Å². The molecule has 1 saturated heterocycles. The molecule has 4 aromatic rings. The number of thiazole rings is 1. The highest BCUT2D eigenvalue weighted by Gasteiger charge is 2.43. The molecule has 1 aliphatic heterocycles. The number of ether oxygens (including phenoxy) is 4. The fourth-order valence-electron chi connectivity index (χ4n) is 8.15. The smallest absolute Gasteiger partial charge is 0.420 e. The Balaban J connectivity index is 1.000. The largest absolute Gasteiger partial charge is 0.494 e. The minimum atomic E-state index is -5.17. The fourth-order valence-corrected chi connectivity index (χ4v) is 9.40. The Morgan fingerprint density at radius 1 is 0.986 bits per heavy atom. The summed E-state index contributed by atoms with van der Waals surface area (Å²) in [7, 11) is 2.59. The number of amides is 3. The van der Waals surface area contributed by atoms with Crippen molar-refractivity contribution in [1.29, 1.82) is 5.26 Å². The van der Waals surface area contributed by atoms with Gasteiger partial charge in [0.25, 0.3) is 0 Å². The van der Waals surface area contributed by atoms with Gasteiger partial charge in [0.1, 0.15) is 42.0 Å². The van der Waals surface area contributed by atoms with E-state index in [2.05, 4.69) is 20.6 Å². The molecule has 5 rings (SSSR count). The highest BCUT2D eigenvalue weighted by atomic mass is 32.1. The molecule has 400 valence electrons. The van der Waals surface area contributed by atoms with Gasteiger partial charge >= 0.3 is 6.18 Å². The van der Waals surface area contributed by atoms with Crippen molar-refractivity contribution in [2.75, 3.05) is 63.5 Å². The molecule has 1 aliphatic rings. The van der Waals surface area contributed by atoms with Crippen LogP contribution in [-0.2, 0) is 41.4 Å². The van der Waals surface area contributed by atoms with Gasteiger partial charge in [-0.2, -0.15) is 18.4 Å². The van der Waals surface area contributed by atoms with Crippen molar-refractivity contribution < 1.29 is 55.7 Å². The van der Waals surface area contributed by atoms with Gasteiger partial charge < -0.3 is 49.1 Å². The Bertz CT molecular complexity index is 2640. The van der Waals surface area contributed by atoms with E-state index in [1.807, 2.05) is 57.5 Å². The van der Waals surface area contributed by atoms with Gasteiger partial charge in [-0.15, -0.1) is 11.3 Å². The number of aromatic nitrogens is 2. The second-order valence-corrected chi connectivity index (χ2v) is 20.5. The van der Waals surface area contributed by atoms with E-state index in [4.69, 9.17) is 31.2 Å². The van der Waals surface area contributed by atoms with Crippen LogP contribution in [-0.4, -0.2) is 115 Å². The van der Waals surface area contributed by atoms with Gasteiger partial charge in [0.05, 0.1) is 58.9 Å². The normalized spacial score (nSPS) is 14.2. The number of unbranched alkanes of at least 4 members (excludes halogenated alkanes) is 2. The molecule has 2 N–H and O–H groups in total. The predicted molar refractivity (Wildman–Crippen MR) is 276 cm³/mol. The Labute approximate surface area is 438 Å². The van der Waals surface area contributed by atoms with Crippen molar-refractivity contribution in [3.63, 3.8) is 0 Å². The number of nitrogens with one attached hydrogen (secondary N) is 2. The van der Waals surface area contributed by atoms with Crippen LogP contribution < -0.4 is 29.9 Å². The lowest BCUT2D eigenvalue weighted by molar-refractivity contribution is -0.144. The molecule has 3 amide bonds. The third-order valence-electron chi connectivity index (χ3n) is 12.2. The van der Waals surface area contributed by atoms with Crippen LogP contribution in [0.15, 0.2) is 54.2 Å². The van der Waals surface area contributed by atoms with Gasteiger partial charge in [0.15, 0.2) is 10.9 Å². The fraction of sp³-hybridized carbons (Fsp3) is 0.500. The monoisotopic (exact) mass is 1070 g/mol. The summed E-state index contributed by atoms with van der Waals surface area (Å²) in [5.41, 5.74) is -0.342. The molecular weight excluding hydrogens is 1000 g/mol. The first-order valence-corrected chi connectivity index (χ1v) is 25.4. The number of likely N-dealkylation sites (tertiary alicyclic amines) is 1. The highest BCUT2D eigenvalue weighted by Crippen LogP contribution is 2.40. The summed E-state index contributed by atoms with van der Waals surface area (Å²) in [6, 6.07) is 11.1. The maximum Gasteiger partial charge on any atom is 0.420 e. The number of alkyl halides is 3. The summed E-state index contributed by atoms with van der Waals surface area (Å²) in [6.45, 7) is 12.5. The van der Waals surface area contributed by atoms with Crippen molar-refractivity contribution in [3.8, 4) is 28.1 Å². The number of rotatable bonds is 24.